The Labute approximate surface area is 107 Å². The Hall–Kier alpha value is -2.34. The van der Waals surface area contributed by atoms with Crippen LogP contribution in [-0.2, 0) is 5.60 Å². The maximum atomic E-state index is 9.04. The summed E-state index contributed by atoms with van der Waals surface area (Å²) in [6.07, 6.45) is 3.50. The zero-order valence-electron chi connectivity index (χ0n) is 10.4. The summed E-state index contributed by atoms with van der Waals surface area (Å²) in [4.78, 5) is 4.09. The van der Waals surface area contributed by atoms with Gasteiger partial charge in [0.05, 0.1) is 5.56 Å². The number of hydrogen-bond acceptors (Lipinski definition) is 3. The Bertz CT molecular complexity index is 571. The zero-order valence-corrected chi connectivity index (χ0v) is 10.4. The largest absolute Gasteiger partial charge is 0.482 e. The molecule has 0 aliphatic carbocycles. The molecule has 0 aliphatic heterocycles. The van der Waals surface area contributed by atoms with Crippen LogP contribution < -0.4 is 4.74 Å². The minimum absolute atomic E-state index is 0.527. The molecular formula is C15H14N2O. The van der Waals surface area contributed by atoms with Gasteiger partial charge in [0.2, 0.25) is 0 Å². The summed E-state index contributed by atoms with van der Waals surface area (Å²) >= 11 is 0. The van der Waals surface area contributed by atoms with Crippen LogP contribution in [0, 0.1) is 11.3 Å². The minimum Gasteiger partial charge on any atom is -0.482 e. The van der Waals surface area contributed by atoms with Crippen LogP contribution >= 0.6 is 0 Å². The molecule has 0 bridgehead atoms. The van der Waals surface area contributed by atoms with Gasteiger partial charge in [-0.05, 0) is 32.0 Å². The SMILES string of the molecule is CC(C)(Oc1ccccc1C#N)c1cccnc1. The highest BCUT2D eigenvalue weighted by molar-refractivity contribution is 5.43. The first-order chi connectivity index (χ1) is 8.63. The summed E-state index contributed by atoms with van der Waals surface area (Å²) in [5.41, 5.74) is 0.980. The predicted octanol–water partition coefficient (Wildman–Crippen LogP) is 3.27. The van der Waals surface area contributed by atoms with Crippen molar-refractivity contribution in [2.75, 3.05) is 0 Å². The molecule has 3 heteroatoms. The summed E-state index contributed by atoms with van der Waals surface area (Å²) in [7, 11) is 0. The van der Waals surface area contributed by atoms with Gasteiger partial charge in [0.1, 0.15) is 17.4 Å². The van der Waals surface area contributed by atoms with Crippen LogP contribution in [0.3, 0.4) is 0 Å². The van der Waals surface area contributed by atoms with Crippen molar-refractivity contribution in [3.05, 3.63) is 59.9 Å². The van der Waals surface area contributed by atoms with Crippen molar-refractivity contribution in [2.24, 2.45) is 0 Å². The van der Waals surface area contributed by atoms with Crippen molar-refractivity contribution in [3.8, 4) is 11.8 Å². The molecule has 1 aromatic carbocycles. The first kappa shape index (κ1) is 12.1. The van der Waals surface area contributed by atoms with Gasteiger partial charge in [0, 0.05) is 18.0 Å². The average Bonchev–Trinajstić information content (AvgIpc) is 2.40. The van der Waals surface area contributed by atoms with Crippen LogP contribution in [0.25, 0.3) is 0 Å². The van der Waals surface area contributed by atoms with Gasteiger partial charge in [-0.2, -0.15) is 5.26 Å². The lowest BCUT2D eigenvalue weighted by molar-refractivity contribution is 0.108. The number of ether oxygens (including phenoxy) is 1. The molecule has 0 N–H and O–H groups in total. The Morgan fingerprint density at radius 2 is 1.94 bits per heavy atom. The van der Waals surface area contributed by atoms with E-state index in [9.17, 15) is 0 Å². The van der Waals surface area contributed by atoms with Crippen LogP contribution in [0.1, 0.15) is 25.0 Å². The lowest BCUT2D eigenvalue weighted by Crippen LogP contribution is -2.25. The van der Waals surface area contributed by atoms with Gasteiger partial charge < -0.3 is 4.74 Å². The molecule has 18 heavy (non-hydrogen) atoms. The van der Waals surface area contributed by atoms with Crippen LogP contribution in [0.5, 0.6) is 5.75 Å². The molecule has 2 rings (SSSR count). The van der Waals surface area contributed by atoms with Gasteiger partial charge in [-0.3, -0.25) is 4.98 Å². The monoisotopic (exact) mass is 238 g/mol. The maximum absolute atomic E-state index is 9.04. The van der Waals surface area contributed by atoms with Gasteiger partial charge in [-0.25, -0.2) is 0 Å². The number of para-hydroxylation sites is 1. The molecule has 3 nitrogen and oxygen atoms in total. The lowest BCUT2D eigenvalue weighted by atomic mass is 10.00. The molecule has 0 radical (unpaired) electrons. The van der Waals surface area contributed by atoms with Gasteiger partial charge in [0.25, 0.3) is 0 Å². The van der Waals surface area contributed by atoms with E-state index in [0.717, 1.165) is 5.56 Å². The molecule has 1 heterocycles. The fourth-order valence-corrected chi connectivity index (χ4v) is 1.70. The predicted molar refractivity (Wildman–Crippen MR) is 69.0 cm³/mol. The minimum atomic E-state index is -0.527. The second-order valence-corrected chi connectivity index (χ2v) is 4.46. The fraction of sp³-hybridized carbons (Fsp3) is 0.200. The third-order valence-corrected chi connectivity index (χ3v) is 2.73. The van der Waals surface area contributed by atoms with Crippen LogP contribution in [0.4, 0.5) is 0 Å². The third-order valence-electron chi connectivity index (χ3n) is 2.73. The number of benzene rings is 1. The number of rotatable bonds is 3. The number of aromatic nitrogens is 1. The first-order valence-corrected chi connectivity index (χ1v) is 5.72. The highest BCUT2D eigenvalue weighted by atomic mass is 16.5. The van der Waals surface area contributed by atoms with Gasteiger partial charge in [-0.1, -0.05) is 18.2 Å². The summed E-state index contributed by atoms with van der Waals surface area (Å²) in [5, 5.41) is 9.04. The van der Waals surface area contributed by atoms with Crippen molar-refractivity contribution in [3.63, 3.8) is 0 Å². The molecule has 0 aliphatic rings. The van der Waals surface area contributed by atoms with E-state index in [2.05, 4.69) is 11.1 Å². The average molecular weight is 238 g/mol. The number of hydrogen-bond donors (Lipinski definition) is 0. The highest BCUT2D eigenvalue weighted by Gasteiger charge is 2.23. The molecule has 2 aromatic rings. The van der Waals surface area contributed by atoms with Gasteiger partial charge in [-0.15, -0.1) is 0 Å². The van der Waals surface area contributed by atoms with E-state index in [-0.39, 0.29) is 0 Å². The van der Waals surface area contributed by atoms with Crippen LogP contribution in [0.15, 0.2) is 48.8 Å². The third kappa shape index (κ3) is 2.49. The second-order valence-electron chi connectivity index (χ2n) is 4.46. The Morgan fingerprint density at radius 1 is 1.17 bits per heavy atom. The van der Waals surface area contributed by atoms with Crippen molar-refractivity contribution < 1.29 is 4.74 Å². The molecule has 0 fully saturated rings. The molecule has 0 saturated carbocycles. The zero-order chi connectivity index (χ0) is 13.0. The van der Waals surface area contributed by atoms with E-state index >= 15 is 0 Å². The second kappa shape index (κ2) is 4.89. The Balaban J connectivity index is 2.31. The van der Waals surface area contributed by atoms with Crippen molar-refractivity contribution in [2.45, 2.75) is 19.4 Å². The van der Waals surface area contributed by atoms with E-state index in [0.29, 0.717) is 11.3 Å². The summed E-state index contributed by atoms with van der Waals surface area (Å²) < 4.78 is 5.95. The molecule has 1 aromatic heterocycles. The maximum Gasteiger partial charge on any atom is 0.138 e. The lowest BCUT2D eigenvalue weighted by Gasteiger charge is -2.27. The molecule has 0 amide bonds. The van der Waals surface area contributed by atoms with E-state index in [1.165, 1.54) is 0 Å². The molecule has 0 atom stereocenters. The Kier molecular flexibility index (Phi) is 3.29. The van der Waals surface area contributed by atoms with Gasteiger partial charge >= 0.3 is 0 Å². The molecule has 90 valence electrons. The number of pyridine rings is 1. The van der Waals surface area contributed by atoms with E-state index in [4.69, 9.17) is 10.00 Å². The summed E-state index contributed by atoms with van der Waals surface area (Å²) in [6.45, 7) is 3.91. The van der Waals surface area contributed by atoms with E-state index < -0.39 is 5.60 Å². The summed E-state index contributed by atoms with van der Waals surface area (Å²) in [6, 6.07) is 13.2. The smallest absolute Gasteiger partial charge is 0.138 e. The number of nitriles is 1. The normalized spacial score (nSPS) is 10.7. The van der Waals surface area contributed by atoms with E-state index in [1.807, 2.05) is 38.1 Å². The molecule has 0 saturated heterocycles. The van der Waals surface area contributed by atoms with Crippen molar-refractivity contribution in [1.29, 1.82) is 5.26 Å². The Morgan fingerprint density at radius 3 is 2.61 bits per heavy atom. The topological polar surface area (TPSA) is 45.9 Å². The van der Waals surface area contributed by atoms with Crippen molar-refractivity contribution >= 4 is 0 Å². The van der Waals surface area contributed by atoms with Crippen LogP contribution in [-0.4, -0.2) is 4.98 Å². The number of nitrogens with zero attached hydrogens (tertiary/aromatic N) is 2. The molecule has 0 unspecified atom stereocenters. The van der Waals surface area contributed by atoms with Crippen molar-refractivity contribution in [1.82, 2.24) is 4.98 Å². The first-order valence-electron chi connectivity index (χ1n) is 5.72. The molecular weight excluding hydrogens is 224 g/mol. The quantitative estimate of drug-likeness (QED) is 0.824. The van der Waals surface area contributed by atoms with Gasteiger partial charge in [0.15, 0.2) is 0 Å². The standard InChI is InChI=1S/C15H14N2O/c1-15(2,13-7-5-9-17-11-13)18-14-8-4-3-6-12(14)10-16/h3-9,11H,1-2H3. The van der Waals surface area contributed by atoms with Crippen LogP contribution in [0.2, 0.25) is 0 Å². The van der Waals surface area contributed by atoms with E-state index in [1.54, 1.807) is 24.5 Å². The highest BCUT2D eigenvalue weighted by Crippen LogP contribution is 2.28. The summed E-state index contributed by atoms with van der Waals surface area (Å²) in [5.74, 6) is 0.592. The molecule has 0 spiro atoms. The fourth-order valence-electron chi connectivity index (χ4n) is 1.70.